The number of ether oxygens (including phenoxy) is 1. The highest BCUT2D eigenvalue weighted by Gasteiger charge is 2.15. The first-order chi connectivity index (χ1) is 15.3. The molecule has 0 unspecified atom stereocenters. The maximum atomic E-state index is 14.2. The summed E-state index contributed by atoms with van der Waals surface area (Å²) >= 11 is 1.42. The minimum Gasteiger partial charge on any atom is -0.378 e. The summed E-state index contributed by atoms with van der Waals surface area (Å²) in [6.07, 6.45) is 1.56. The molecule has 0 amide bonds. The summed E-state index contributed by atoms with van der Waals surface area (Å²) in [7, 11) is 0. The molecule has 1 aliphatic rings. The lowest BCUT2D eigenvalue weighted by molar-refractivity contribution is 0.122. The summed E-state index contributed by atoms with van der Waals surface area (Å²) in [5.74, 6) is 1.30. The highest BCUT2D eigenvalue weighted by Crippen LogP contribution is 2.34. The Morgan fingerprint density at radius 1 is 0.968 bits per heavy atom. The van der Waals surface area contributed by atoms with Crippen molar-refractivity contribution in [1.82, 2.24) is 15.0 Å². The van der Waals surface area contributed by atoms with Crippen molar-refractivity contribution in [1.29, 1.82) is 0 Å². The largest absolute Gasteiger partial charge is 0.378 e. The minimum atomic E-state index is -0.272. The first-order valence-electron chi connectivity index (χ1n) is 9.99. The zero-order valence-electron chi connectivity index (χ0n) is 16.7. The Labute approximate surface area is 183 Å². The van der Waals surface area contributed by atoms with E-state index in [4.69, 9.17) is 4.74 Å². The molecule has 2 aromatic carbocycles. The van der Waals surface area contributed by atoms with Crippen molar-refractivity contribution in [3.63, 3.8) is 0 Å². The van der Waals surface area contributed by atoms with Gasteiger partial charge in [0.05, 0.1) is 18.9 Å². The van der Waals surface area contributed by atoms with E-state index in [0.717, 1.165) is 35.9 Å². The Morgan fingerprint density at radius 2 is 1.74 bits per heavy atom. The smallest absolute Gasteiger partial charge is 0.135 e. The molecule has 1 N–H and O–H groups in total. The van der Waals surface area contributed by atoms with Gasteiger partial charge >= 0.3 is 0 Å². The Kier molecular flexibility index (Phi) is 5.56. The van der Waals surface area contributed by atoms with Crippen LogP contribution in [0.4, 0.5) is 21.7 Å². The summed E-state index contributed by atoms with van der Waals surface area (Å²) in [5.41, 5.74) is 3.09. The highest BCUT2D eigenvalue weighted by atomic mass is 32.1. The van der Waals surface area contributed by atoms with Crippen LogP contribution in [0, 0.1) is 5.82 Å². The predicted molar refractivity (Wildman–Crippen MR) is 121 cm³/mol. The summed E-state index contributed by atoms with van der Waals surface area (Å²) in [6, 6.07) is 16.5. The molecule has 0 saturated carbocycles. The van der Waals surface area contributed by atoms with E-state index in [1.165, 1.54) is 17.4 Å². The van der Waals surface area contributed by atoms with E-state index in [9.17, 15) is 4.39 Å². The topological polar surface area (TPSA) is 63.2 Å². The van der Waals surface area contributed by atoms with Crippen molar-refractivity contribution >= 4 is 28.7 Å². The van der Waals surface area contributed by atoms with Crippen LogP contribution >= 0.6 is 11.3 Å². The first kappa shape index (κ1) is 19.6. The molecule has 4 aromatic rings. The molecule has 1 aliphatic heterocycles. The standard InChI is InChI=1S/C23H20FN5OS/c24-18-7-3-1-5-16(18)23-28-20(14-31-23)17-6-2-4-8-19(17)27-21-13-22(26-15-25-21)29-9-11-30-12-10-29/h1-8,13-15H,9-12H2,(H,25,26,27). The van der Waals surface area contributed by atoms with Crippen LogP contribution in [0.2, 0.25) is 0 Å². The van der Waals surface area contributed by atoms with Crippen molar-refractivity contribution < 1.29 is 9.13 Å². The number of nitrogens with zero attached hydrogens (tertiary/aromatic N) is 4. The number of anilines is 3. The van der Waals surface area contributed by atoms with Gasteiger partial charge in [-0.25, -0.2) is 19.3 Å². The number of hydrogen-bond acceptors (Lipinski definition) is 7. The second kappa shape index (κ2) is 8.79. The lowest BCUT2D eigenvalue weighted by atomic mass is 10.1. The van der Waals surface area contributed by atoms with Gasteiger partial charge in [-0.3, -0.25) is 0 Å². The van der Waals surface area contributed by atoms with Crippen molar-refractivity contribution in [2.24, 2.45) is 0 Å². The van der Waals surface area contributed by atoms with E-state index in [2.05, 4.69) is 25.2 Å². The van der Waals surface area contributed by atoms with Crippen LogP contribution in [0.15, 0.2) is 66.3 Å². The lowest BCUT2D eigenvalue weighted by Gasteiger charge is -2.27. The quantitative estimate of drug-likeness (QED) is 0.479. The van der Waals surface area contributed by atoms with Gasteiger partial charge in [0.15, 0.2) is 0 Å². The summed E-state index contributed by atoms with van der Waals surface area (Å²) in [6.45, 7) is 3.02. The van der Waals surface area contributed by atoms with Gasteiger partial charge in [-0.2, -0.15) is 0 Å². The molecule has 5 rings (SSSR count). The third kappa shape index (κ3) is 4.26. The van der Waals surface area contributed by atoms with Crippen LogP contribution in [0.5, 0.6) is 0 Å². The van der Waals surface area contributed by atoms with Gasteiger partial charge in [0, 0.05) is 41.4 Å². The third-order valence-electron chi connectivity index (χ3n) is 5.06. The maximum absolute atomic E-state index is 14.2. The Bertz CT molecular complexity index is 1190. The fraction of sp³-hybridized carbons (Fsp3) is 0.174. The number of morpholine rings is 1. The number of thiazole rings is 1. The number of nitrogens with one attached hydrogen (secondary N) is 1. The van der Waals surface area contributed by atoms with Crippen LogP contribution < -0.4 is 10.2 Å². The van der Waals surface area contributed by atoms with Crippen LogP contribution in [0.25, 0.3) is 21.8 Å². The average molecular weight is 434 g/mol. The van der Waals surface area contributed by atoms with Gasteiger partial charge in [-0.05, 0) is 18.2 Å². The number of benzene rings is 2. The highest BCUT2D eigenvalue weighted by molar-refractivity contribution is 7.13. The summed E-state index contributed by atoms with van der Waals surface area (Å²) in [4.78, 5) is 15.7. The SMILES string of the molecule is Fc1ccccc1-c1nc(-c2ccccc2Nc2cc(N3CCOCC3)ncn2)cs1. The van der Waals surface area contributed by atoms with Gasteiger partial charge in [0.1, 0.15) is 28.8 Å². The van der Waals surface area contributed by atoms with E-state index in [1.807, 2.05) is 41.8 Å². The molecule has 0 aliphatic carbocycles. The monoisotopic (exact) mass is 433 g/mol. The van der Waals surface area contributed by atoms with Gasteiger partial charge in [-0.1, -0.05) is 30.3 Å². The van der Waals surface area contributed by atoms with Gasteiger partial charge in [0.25, 0.3) is 0 Å². The normalized spacial score (nSPS) is 13.9. The summed E-state index contributed by atoms with van der Waals surface area (Å²) < 4.78 is 19.6. The van der Waals surface area contributed by atoms with Gasteiger partial charge in [-0.15, -0.1) is 11.3 Å². The van der Waals surface area contributed by atoms with Gasteiger partial charge < -0.3 is 15.0 Å². The molecule has 3 heterocycles. The fourth-order valence-corrected chi connectivity index (χ4v) is 4.34. The fourth-order valence-electron chi connectivity index (χ4n) is 3.49. The van der Waals surface area contributed by atoms with Crippen molar-refractivity contribution in [2.45, 2.75) is 0 Å². The molecule has 0 radical (unpaired) electrons. The molecule has 0 atom stereocenters. The molecule has 0 bridgehead atoms. The van der Waals surface area contributed by atoms with E-state index in [1.54, 1.807) is 18.5 Å². The molecular formula is C23H20FN5OS. The third-order valence-corrected chi connectivity index (χ3v) is 5.94. The van der Waals surface area contributed by atoms with E-state index < -0.39 is 0 Å². The molecule has 0 spiro atoms. The molecule has 31 heavy (non-hydrogen) atoms. The Balaban J connectivity index is 1.43. The molecule has 6 nitrogen and oxygen atoms in total. The Hall–Kier alpha value is -3.36. The molecule has 1 fully saturated rings. The predicted octanol–water partition coefficient (Wildman–Crippen LogP) is 4.99. The summed E-state index contributed by atoms with van der Waals surface area (Å²) in [5, 5.41) is 5.99. The van der Waals surface area contributed by atoms with Crippen molar-refractivity contribution in [2.75, 3.05) is 36.5 Å². The van der Waals surface area contributed by atoms with Crippen LogP contribution in [-0.2, 0) is 4.74 Å². The van der Waals surface area contributed by atoms with Crippen molar-refractivity contribution in [3.8, 4) is 21.8 Å². The number of rotatable bonds is 5. The number of para-hydroxylation sites is 1. The molecular weight excluding hydrogens is 413 g/mol. The second-order valence-corrected chi connectivity index (χ2v) is 7.91. The first-order valence-corrected chi connectivity index (χ1v) is 10.9. The van der Waals surface area contributed by atoms with E-state index in [0.29, 0.717) is 29.6 Å². The average Bonchev–Trinajstić information content (AvgIpc) is 3.30. The molecule has 2 aromatic heterocycles. The zero-order valence-corrected chi connectivity index (χ0v) is 17.5. The number of hydrogen-bond donors (Lipinski definition) is 1. The zero-order chi connectivity index (χ0) is 21.0. The molecule has 156 valence electrons. The van der Waals surface area contributed by atoms with E-state index >= 15 is 0 Å². The van der Waals surface area contributed by atoms with E-state index in [-0.39, 0.29) is 5.82 Å². The van der Waals surface area contributed by atoms with Crippen LogP contribution in [-0.4, -0.2) is 41.3 Å². The minimum absolute atomic E-state index is 0.272. The molecule has 8 heteroatoms. The van der Waals surface area contributed by atoms with Crippen molar-refractivity contribution in [3.05, 3.63) is 72.1 Å². The van der Waals surface area contributed by atoms with Crippen LogP contribution in [0.3, 0.4) is 0 Å². The Morgan fingerprint density at radius 3 is 2.58 bits per heavy atom. The maximum Gasteiger partial charge on any atom is 0.135 e. The molecule has 1 saturated heterocycles. The number of aromatic nitrogens is 3. The lowest BCUT2D eigenvalue weighted by Crippen LogP contribution is -2.36. The van der Waals surface area contributed by atoms with Crippen LogP contribution in [0.1, 0.15) is 0 Å². The van der Waals surface area contributed by atoms with Gasteiger partial charge in [0.2, 0.25) is 0 Å². The number of halogens is 1. The second-order valence-electron chi connectivity index (χ2n) is 7.05.